The topological polar surface area (TPSA) is 34.3 Å². The summed E-state index contributed by atoms with van der Waals surface area (Å²) in [7, 11) is 0. The molecule has 0 aliphatic carbocycles. The van der Waals surface area contributed by atoms with Gasteiger partial charge in [-0.2, -0.15) is 0 Å². The van der Waals surface area contributed by atoms with Crippen molar-refractivity contribution in [3.63, 3.8) is 0 Å². The van der Waals surface area contributed by atoms with Gasteiger partial charge in [0, 0.05) is 0 Å². The van der Waals surface area contributed by atoms with Crippen molar-refractivity contribution in [3.8, 4) is 0 Å². The van der Waals surface area contributed by atoms with E-state index in [0.717, 1.165) is 24.7 Å². The predicted octanol–water partition coefficient (Wildman–Crippen LogP) is 2.39. The average molecular weight is 210 g/mol. The molecule has 0 aromatic rings. The van der Waals surface area contributed by atoms with Gasteiger partial charge < -0.3 is 14.2 Å². The van der Waals surface area contributed by atoms with Crippen molar-refractivity contribution in [2.24, 2.45) is 0 Å². The van der Waals surface area contributed by atoms with Crippen LogP contribution in [-0.4, -0.2) is 25.4 Å². The molecule has 2 atom stereocenters. The molecule has 2 aliphatic heterocycles. The minimum Gasteiger partial charge on any atom is -0.460 e. The summed E-state index contributed by atoms with van der Waals surface area (Å²) >= 11 is 0. The summed E-state index contributed by atoms with van der Waals surface area (Å²) in [6, 6.07) is 0. The Bertz CT molecular complexity index is 280. The minimum absolute atomic E-state index is 0.170. The molecule has 0 amide bonds. The van der Waals surface area contributed by atoms with Gasteiger partial charge in [0.1, 0.15) is 23.7 Å². The lowest BCUT2D eigenvalue weighted by atomic mass is 10.2. The summed E-state index contributed by atoms with van der Waals surface area (Å²) in [5.41, 5.74) is 2.36. The lowest BCUT2D eigenvalue weighted by Gasteiger charge is -2.13. The van der Waals surface area contributed by atoms with Crippen molar-refractivity contribution in [2.75, 3.05) is 13.2 Å². The zero-order valence-corrected chi connectivity index (χ0v) is 9.79. The summed E-state index contributed by atoms with van der Waals surface area (Å²) in [6.07, 6.45) is 0.339. The van der Waals surface area contributed by atoms with Gasteiger partial charge in [-0.1, -0.05) is 0 Å². The second-order valence-electron chi connectivity index (χ2n) is 4.47. The van der Waals surface area contributed by atoms with Gasteiger partial charge in [0.05, 0.1) is 13.2 Å². The smallest absolute Gasteiger partial charge is 0.138 e. The van der Waals surface area contributed by atoms with Gasteiger partial charge in [-0.05, 0) is 38.8 Å². The highest BCUT2D eigenvalue weighted by Crippen LogP contribution is 2.31. The molecule has 0 saturated carbocycles. The maximum atomic E-state index is 5.93. The molecule has 0 spiro atoms. The number of hydrogen-bond acceptors (Lipinski definition) is 3. The molecular weight excluding hydrogens is 192 g/mol. The van der Waals surface area contributed by atoms with Crippen LogP contribution in [0.1, 0.15) is 27.7 Å². The molecule has 2 fully saturated rings. The van der Waals surface area contributed by atoms with Crippen LogP contribution in [0.15, 0.2) is 22.7 Å². The molecule has 2 unspecified atom stereocenters. The second kappa shape index (κ2) is 3.99. The quantitative estimate of drug-likeness (QED) is 0.528. The second-order valence-corrected chi connectivity index (χ2v) is 4.47. The van der Waals surface area contributed by atoms with Crippen molar-refractivity contribution in [1.82, 2.24) is 0 Å². The van der Waals surface area contributed by atoms with Crippen LogP contribution in [0.25, 0.3) is 0 Å². The largest absolute Gasteiger partial charge is 0.460 e. The first-order chi connectivity index (χ1) is 7.09. The van der Waals surface area contributed by atoms with E-state index in [0.29, 0.717) is 0 Å². The van der Waals surface area contributed by atoms with E-state index in [2.05, 4.69) is 0 Å². The van der Waals surface area contributed by atoms with Crippen molar-refractivity contribution < 1.29 is 14.2 Å². The van der Waals surface area contributed by atoms with E-state index in [9.17, 15) is 0 Å². The van der Waals surface area contributed by atoms with E-state index < -0.39 is 0 Å². The average Bonchev–Trinajstić information content (AvgIpc) is 2.99. The van der Waals surface area contributed by atoms with Gasteiger partial charge in [-0.15, -0.1) is 0 Å². The molecule has 0 N–H and O–H groups in total. The molecule has 0 aromatic heterocycles. The third-order valence-corrected chi connectivity index (χ3v) is 2.46. The molecule has 3 nitrogen and oxygen atoms in total. The standard InChI is InChI=1S/C12H18O3/c1-7(2)11(9-5-13-9)15-12(8(3)4)10-6-14-10/h9-10H,5-6H2,1-4H3. The fraction of sp³-hybridized carbons (Fsp3) is 0.667. The van der Waals surface area contributed by atoms with Crippen LogP contribution in [0.4, 0.5) is 0 Å². The van der Waals surface area contributed by atoms with Gasteiger partial charge in [-0.25, -0.2) is 0 Å². The van der Waals surface area contributed by atoms with E-state index in [4.69, 9.17) is 14.2 Å². The highest BCUT2D eigenvalue weighted by Gasteiger charge is 2.35. The molecule has 0 radical (unpaired) electrons. The Labute approximate surface area is 90.7 Å². The van der Waals surface area contributed by atoms with Gasteiger partial charge in [-0.3, -0.25) is 0 Å². The van der Waals surface area contributed by atoms with Crippen LogP contribution in [0, 0.1) is 0 Å². The summed E-state index contributed by atoms with van der Waals surface area (Å²) in [6.45, 7) is 9.76. The monoisotopic (exact) mass is 210 g/mol. The Morgan fingerprint density at radius 1 is 0.867 bits per heavy atom. The summed E-state index contributed by atoms with van der Waals surface area (Å²) < 4.78 is 16.5. The normalized spacial score (nSPS) is 26.9. The third kappa shape index (κ3) is 2.61. The summed E-state index contributed by atoms with van der Waals surface area (Å²) in [4.78, 5) is 0. The van der Waals surface area contributed by atoms with Crippen LogP contribution in [0.5, 0.6) is 0 Å². The van der Waals surface area contributed by atoms with Crippen LogP contribution in [0.3, 0.4) is 0 Å². The minimum atomic E-state index is 0.170. The number of epoxide rings is 2. The lowest BCUT2D eigenvalue weighted by molar-refractivity contribution is 0.225. The Morgan fingerprint density at radius 3 is 1.40 bits per heavy atom. The molecular formula is C12H18O3. The van der Waals surface area contributed by atoms with Gasteiger partial charge >= 0.3 is 0 Å². The Hall–Kier alpha value is -0.800. The number of ether oxygens (including phenoxy) is 3. The fourth-order valence-corrected chi connectivity index (χ4v) is 1.50. The molecule has 2 heterocycles. The Morgan fingerprint density at radius 2 is 1.20 bits per heavy atom. The molecule has 2 aliphatic rings. The molecule has 15 heavy (non-hydrogen) atoms. The zero-order chi connectivity index (χ0) is 11.0. The van der Waals surface area contributed by atoms with Crippen LogP contribution in [0.2, 0.25) is 0 Å². The van der Waals surface area contributed by atoms with Gasteiger partial charge in [0.2, 0.25) is 0 Å². The molecule has 2 saturated heterocycles. The zero-order valence-electron chi connectivity index (χ0n) is 9.79. The fourth-order valence-electron chi connectivity index (χ4n) is 1.50. The van der Waals surface area contributed by atoms with Crippen molar-refractivity contribution in [2.45, 2.75) is 39.9 Å². The van der Waals surface area contributed by atoms with E-state index in [1.54, 1.807) is 0 Å². The van der Waals surface area contributed by atoms with E-state index in [1.807, 2.05) is 27.7 Å². The predicted molar refractivity (Wildman–Crippen MR) is 57.3 cm³/mol. The third-order valence-electron chi connectivity index (χ3n) is 2.46. The van der Waals surface area contributed by atoms with Crippen LogP contribution >= 0.6 is 0 Å². The first-order valence-electron chi connectivity index (χ1n) is 5.35. The summed E-state index contributed by atoms with van der Waals surface area (Å²) in [5, 5.41) is 0. The highest BCUT2D eigenvalue weighted by atomic mass is 16.6. The number of hydrogen-bond donors (Lipinski definition) is 0. The molecule has 0 aromatic carbocycles. The SMILES string of the molecule is CC(C)=C(OC(=C(C)C)C1CO1)C1CO1. The number of allylic oxidation sites excluding steroid dienone is 2. The van der Waals surface area contributed by atoms with E-state index in [-0.39, 0.29) is 12.2 Å². The Kier molecular flexibility index (Phi) is 2.85. The Balaban J connectivity index is 2.11. The van der Waals surface area contributed by atoms with Gasteiger partial charge in [0.25, 0.3) is 0 Å². The molecule has 84 valence electrons. The highest BCUT2D eigenvalue weighted by molar-refractivity contribution is 5.20. The van der Waals surface area contributed by atoms with Crippen molar-refractivity contribution in [1.29, 1.82) is 0 Å². The molecule has 3 heteroatoms. The summed E-state index contributed by atoms with van der Waals surface area (Å²) in [5.74, 6) is 1.92. The van der Waals surface area contributed by atoms with Crippen molar-refractivity contribution in [3.05, 3.63) is 22.7 Å². The molecule has 2 rings (SSSR count). The first kappa shape index (κ1) is 10.7. The maximum absolute atomic E-state index is 5.93. The molecule has 0 bridgehead atoms. The van der Waals surface area contributed by atoms with Crippen LogP contribution < -0.4 is 0 Å². The first-order valence-corrected chi connectivity index (χ1v) is 5.35. The van der Waals surface area contributed by atoms with Crippen LogP contribution in [-0.2, 0) is 14.2 Å². The van der Waals surface area contributed by atoms with Crippen molar-refractivity contribution >= 4 is 0 Å². The van der Waals surface area contributed by atoms with Gasteiger partial charge in [0.15, 0.2) is 0 Å². The lowest BCUT2D eigenvalue weighted by Crippen LogP contribution is -2.07. The van der Waals surface area contributed by atoms with E-state index in [1.165, 1.54) is 11.1 Å². The van der Waals surface area contributed by atoms with E-state index >= 15 is 0 Å². The number of rotatable bonds is 4. The maximum Gasteiger partial charge on any atom is 0.138 e.